The fourth-order valence-corrected chi connectivity index (χ4v) is 2.66. The summed E-state index contributed by atoms with van der Waals surface area (Å²) in [5.74, 6) is 0.656. The monoisotopic (exact) mass is 305 g/mol. The van der Waals surface area contributed by atoms with Crippen molar-refractivity contribution in [3.63, 3.8) is 0 Å². The van der Waals surface area contributed by atoms with Gasteiger partial charge in [0.2, 0.25) is 5.91 Å². The Kier molecular flexibility index (Phi) is 5.30. The number of rotatable bonds is 6. The minimum Gasteiger partial charge on any atom is -0.497 e. The summed E-state index contributed by atoms with van der Waals surface area (Å²) in [5, 5.41) is 4.46. The molecule has 112 valence electrons. The first-order chi connectivity index (χ1) is 10.1. The topological polar surface area (TPSA) is 77.2 Å². The van der Waals surface area contributed by atoms with Crippen molar-refractivity contribution in [2.24, 2.45) is 11.7 Å². The van der Waals surface area contributed by atoms with Crippen LogP contribution in [0.4, 0.5) is 5.00 Å². The number of carbonyl (C=O) groups excluding carboxylic acids is 1. The molecule has 5 nitrogen and oxygen atoms in total. The van der Waals surface area contributed by atoms with Gasteiger partial charge in [-0.15, -0.1) is 0 Å². The minimum atomic E-state index is -0.0997. The molecule has 1 unspecified atom stereocenters. The number of benzene rings is 1. The van der Waals surface area contributed by atoms with Crippen molar-refractivity contribution in [3.05, 3.63) is 30.5 Å². The normalized spacial score (nSPS) is 12.0. The number of aromatic nitrogens is 1. The van der Waals surface area contributed by atoms with E-state index in [2.05, 4.69) is 10.3 Å². The van der Waals surface area contributed by atoms with Gasteiger partial charge in [-0.2, -0.15) is 0 Å². The number of carbonyl (C=O) groups is 1. The van der Waals surface area contributed by atoms with Crippen molar-refractivity contribution in [1.29, 1.82) is 0 Å². The zero-order chi connectivity index (χ0) is 15.2. The van der Waals surface area contributed by atoms with Crippen LogP contribution < -0.4 is 15.8 Å². The van der Waals surface area contributed by atoms with Gasteiger partial charge >= 0.3 is 0 Å². The first-order valence-corrected chi connectivity index (χ1v) is 7.57. The molecular weight excluding hydrogens is 286 g/mol. The van der Waals surface area contributed by atoms with Gasteiger partial charge < -0.3 is 15.8 Å². The lowest BCUT2D eigenvalue weighted by Gasteiger charge is -2.08. The second kappa shape index (κ2) is 7.19. The van der Waals surface area contributed by atoms with Gasteiger partial charge in [0.1, 0.15) is 15.8 Å². The number of hydrogen-bond donors (Lipinski definition) is 2. The van der Waals surface area contributed by atoms with Gasteiger partial charge in [0.25, 0.3) is 0 Å². The summed E-state index contributed by atoms with van der Waals surface area (Å²) < 4.78 is 5.20. The Labute approximate surface area is 128 Å². The van der Waals surface area contributed by atoms with Crippen molar-refractivity contribution in [1.82, 2.24) is 4.98 Å². The molecule has 0 bridgehead atoms. The average molecular weight is 305 g/mol. The zero-order valence-corrected chi connectivity index (χ0v) is 12.9. The lowest BCUT2D eigenvalue weighted by molar-refractivity contribution is -0.119. The molecule has 1 amide bonds. The maximum Gasteiger partial charge on any atom is 0.227 e. The van der Waals surface area contributed by atoms with Crippen molar-refractivity contribution in [2.75, 3.05) is 19.0 Å². The number of amides is 1. The van der Waals surface area contributed by atoms with E-state index in [4.69, 9.17) is 10.5 Å². The molecule has 0 aliphatic rings. The highest BCUT2D eigenvalue weighted by molar-refractivity contribution is 7.19. The summed E-state index contributed by atoms with van der Waals surface area (Å²) >= 11 is 1.44. The highest BCUT2D eigenvalue weighted by Crippen LogP contribution is 2.30. The Morgan fingerprint density at radius 3 is 3.05 bits per heavy atom. The van der Waals surface area contributed by atoms with Crippen LogP contribution in [0.15, 0.2) is 30.5 Å². The van der Waals surface area contributed by atoms with E-state index in [0.717, 1.165) is 21.3 Å². The molecule has 2 rings (SSSR count). The number of hydrogen-bond acceptors (Lipinski definition) is 5. The van der Waals surface area contributed by atoms with Crippen LogP contribution in [-0.2, 0) is 4.79 Å². The molecule has 1 heterocycles. The van der Waals surface area contributed by atoms with Crippen LogP contribution in [0.5, 0.6) is 5.75 Å². The molecular formula is C15H19N3O2S. The van der Waals surface area contributed by atoms with Crippen LogP contribution in [0, 0.1) is 5.92 Å². The number of nitrogens with two attached hydrogens (primary N) is 1. The fourth-order valence-electron chi connectivity index (χ4n) is 1.85. The first kappa shape index (κ1) is 15.5. The number of anilines is 1. The molecule has 0 saturated carbocycles. The third kappa shape index (κ3) is 4.03. The van der Waals surface area contributed by atoms with Crippen LogP contribution in [-0.4, -0.2) is 24.5 Å². The van der Waals surface area contributed by atoms with Gasteiger partial charge in [-0.1, -0.05) is 30.4 Å². The summed E-state index contributed by atoms with van der Waals surface area (Å²) in [6, 6.07) is 7.68. The van der Waals surface area contributed by atoms with Gasteiger partial charge in [-0.3, -0.25) is 4.79 Å². The predicted molar refractivity (Wildman–Crippen MR) is 85.6 cm³/mol. The standard InChI is InChI=1S/C15H19N3O2S/c1-10(6-7-16)14(19)18-13-9-17-15(21-13)11-4-3-5-12(8-11)20-2/h3-5,8-10H,6-7,16H2,1-2H3,(H,18,19). The molecule has 2 aromatic rings. The molecule has 1 atom stereocenters. The number of ether oxygens (including phenoxy) is 1. The largest absolute Gasteiger partial charge is 0.497 e. The first-order valence-electron chi connectivity index (χ1n) is 6.75. The Balaban J connectivity index is 2.09. The van der Waals surface area contributed by atoms with E-state index in [1.165, 1.54) is 11.3 Å². The van der Waals surface area contributed by atoms with E-state index >= 15 is 0 Å². The molecule has 1 aromatic heterocycles. The number of nitrogens with zero attached hydrogens (tertiary/aromatic N) is 1. The average Bonchev–Trinajstić information content (AvgIpc) is 2.96. The smallest absolute Gasteiger partial charge is 0.227 e. The number of thiazole rings is 1. The van der Waals surface area contributed by atoms with E-state index in [1.807, 2.05) is 31.2 Å². The van der Waals surface area contributed by atoms with Crippen molar-refractivity contribution >= 4 is 22.2 Å². The highest BCUT2D eigenvalue weighted by atomic mass is 32.1. The Hall–Kier alpha value is -1.92. The maximum atomic E-state index is 11.9. The summed E-state index contributed by atoms with van der Waals surface area (Å²) in [4.78, 5) is 16.3. The summed E-state index contributed by atoms with van der Waals surface area (Å²) in [6.07, 6.45) is 2.35. The van der Waals surface area contributed by atoms with E-state index < -0.39 is 0 Å². The highest BCUT2D eigenvalue weighted by Gasteiger charge is 2.14. The van der Waals surface area contributed by atoms with Crippen molar-refractivity contribution < 1.29 is 9.53 Å². The minimum absolute atomic E-state index is 0.0266. The van der Waals surface area contributed by atoms with Crippen molar-refractivity contribution in [2.45, 2.75) is 13.3 Å². The van der Waals surface area contributed by atoms with Crippen LogP contribution in [0.3, 0.4) is 0 Å². The Morgan fingerprint density at radius 1 is 1.52 bits per heavy atom. The molecule has 0 aliphatic heterocycles. The lowest BCUT2D eigenvalue weighted by Crippen LogP contribution is -2.22. The zero-order valence-electron chi connectivity index (χ0n) is 12.1. The molecule has 0 fully saturated rings. The molecule has 3 N–H and O–H groups in total. The van der Waals surface area contributed by atoms with E-state index in [0.29, 0.717) is 13.0 Å². The van der Waals surface area contributed by atoms with Crippen LogP contribution in [0.2, 0.25) is 0 Å². The Bertz CT molecular complexity index is 612. The molecule has 21 heavy (non-hydrogen) atoms. The fraction of sp³-hybridized carbons (Fsp3) is 0.333. The van der Waals surface area contributed by atoms with E-state index in [-0.39, 0.29) is 11.8 Å². The van der Waals surface area contributed by atoms with Crippen LogP contribution in [0.1, 0.15) is 13.3 Å². The van der Waals surface area contributed by atoms with Gasteiger partial charge in [0, 0.05) is 11.5 Å². The van der Waals surface area contributed by atoms with E-state index in [1.54, 1.807) is 13.3 Å². The molecule has 0 saturated heterocycles. The second-order valence-corrected chi connectivity index (χ2v) is 5.76. The summed E-state index contributed by atoms with van der Waals surface area (Å²) in [7, 11) is 1.63. The van der Waals surface area contributed by atoms with Gasteiger partial charge in [0.15, 0.2) is 0 Å². The van der Waals surface area contributed by atoms with Crippen LogP contribution >= 0.6 is 11.3 Å². The quantitative estimate of drug-likeness (QED) is 0.860. The third-order valence-electron chi connectivity index (χ3n) is 3.12. The summed E-state index contributed by atoms with van der Waals surface area (Å²) in [5.41, 5.74) is 6.43. The van der Waals surface area contributed by atoms with Gasteiger partial charge in [-0.05, 0) is 25.1 Å². The second-order valence-electron chi connectivity index (χ2n) is 4.73. The van der Waals surface area contributed by atoms with Gasteiger partial charge in [0.05, 0.1) is 13.3 Å². The molecule has 0 aliphatic carbocycles. The van der Waals surface area contributed by atoms with E-state index in [9.17, 15) is 4.79 Å². The number of methoxy groups -OCH3 is 1. The molecule has 0 spiro atoms. The number of nitrogens with one attached hydrogen (secondary N) is 1. The maximum absolute atomic E-state index is 11.9. The lowest BCUT2D eigenvalue weighted by atomic mass is 10.1. The molecule has 1 aromatic carbocycles. The summed E-state index contributed by atoms with van der Waals surface area (Å²) in [6.45, 7) is 2.37. The molecule has 6 heteroatoms. The molecule has 0 radical (unpaired) electrons. The Morgan fingerprint density at radius 2 is 2.33 bits per heavy atom. The predicted octanol–water partition coefficient (Wildman–Crippen LogP) is 2.74. The van der Waals surface area contributed by atoms with Gasteiger partial charge in [-0.25, -0.2) is 4.98 Å². The third-order valence-corrected chi connectivity index (χ3v) is 4.08. The SMILES string of the molecule is COc1cccc(-c2ncc(NC(=O)C(C)CCN)s2)c1. The van der Waals surface area contributed by atoms with Crippen LogP contribution in [0.25, 0.3) is 10.6 Å². The van der Waals surface area contributed by atoms with Crippen molar-refractivity contribution in [3.8, 4) is 16.3 Å².